The molecule has 1 saturated carbocycles. The monoisotopic (exact) mass is 192 g/mol. The maximum absolute atomic E-state index is 3.89. The number of hydrogen-bond acceptors (Lipinski definition) is 0. The van der Waals surface area contributed by atoms with Gasteiger partial charge in [0, 0.05) is 0 Å². The first-order valence-electron chi connectivity index (χ1n) is 5.98. The third-order valence-corrected chi connectivity index (χ3v) is 3.90. The minimum atomic E-state index is 0.523. The predicted octanol–water partition coefficient (Wildman–Crippen LogP) is 4.73. The highest BCUT2D eigenvalue weighted by atomic mass is 14.4. The zero-order valence-electron chi connectivity index (χ0n) is 9.60. The first kappa shape index (κ1) is 11.6. The van der Waals surface area contributed by atoms with E-state index in [-0.39, 0.29) is 0 Å². The summed E-state index contributed by atoms with van der Waals surface area (Å²) >= 11 is 0. The lowest BCUT2D eigenvalue weighted by atomic mass is 9.66. The van der Waals surface area contributed by atoms with E-state index >= 15 is 0 Å². The van der Waals surface area contributed by atoms with Gasteiger partial charge in [-0.05, 0) is 49.9 Å². The summed E-state index contributed by atoms with van der Waals surface area (Å²) in [6, 6.07) is 0. The summed E-state index contributed by atoms with van der Waals surface area (Å²) < 4.78 is 0. The van der Waals surface area contributed by atoms with Gasteiger partial charge < -0.3 is 0 Å². The van der Waals surface area contributed by atoms with Gasteiger partial charge in [-0.2, -0.15) is 0 Å². The van der Waals surface area contributed by atoms with Crippen LogP contribution in [0.15, 0.2) is 25.3 Å². The van der Waals surface area contributed by atoms with Gasteiger partial charge >= 0.3 is 0 Å². The average molecular weight is 192 g/mol. The van der Waals surface area contributed by atoms with Crippen molar-refractivity contribution in [2.45, 2.75) is 51.9 Å². The van der Waals surface area contributed by atoms with Crippen molar-refractivity contribution >= 4 is 0 Å². The Morgan fingerprint density at radius 2 is 1.64 bits per heavy atom. The van der Waals surface area contributed by atoms with Crippen molar-refractivity contribution in [1.82, 2.24) is 0 Å². The van der Waals surface area contributed by atoms with E-state index < -0.39 is 0 Å². The van der Waals surface area contributed by atoms with Gasteiger partial charge in [-0.15, -0.1) is 13.2 Å². The van der Waals surface area contributed by atoms with Crippen molar-refractivity contribution in [2.24, 2.45) is 11.3 Å². The van der Waals surface area contributed by atoms with Crippen LogP contribution in [0.4, 0.5) is 0 Å². The summed E-state index contributed by atoms with van der Waals surface area (Å²) in [7, 11) is 0. The summed E-state index contributed by atoms with van der Waals surface area (Å²) in [5.74, 6) is 0.984. The Bertz CT molecular complexity index is 170. The maximum Gasteiger partial charge on any atom is -0.0228 e. The second-order valence-corrected chi connectivity index (χ2v) is 4.84. The maximum atomic E-state index is 3.89. The molecule has 0 atom stereocenters. The molecule has 1 fully saturated rings. The fourth-order valence-electron chi connectivity index (χ4n) is 2.80. The molecule has 0 nitrogen and oxygen atoms in total. The minimum absolute atomic E-state index is 0.523. The second-order valence-electron chi connectivity index (χ2n) is 4.84. The third kappa shape index (κ3) is 2.73. The van der Waals surface area contributed by atoms with E-state index in [9.17, 15) is 0 Å². The molecular weight excluding hydrogens is 168 g/mol. The average Bonchev–Trinajstić information content (AvgIpc) is 2.20. The van der Waals surface area contributed by atoms with Crippen molar-refractivity contribution in [3.05, 3.63) is 25.3 Å². The molecule has 0 amide bonds. The molecule has 0 heterocycles. The standard InChI is InChI=1S/C14H24/c1-4-9-14(10-5-2)11-7-13(6-3)8-12-14/h4-5,13H,1-2,6-12H2,3H3. The zero-order chi connectivity index (χ0) is 10.4. The summed E-state index contributed by atoms with van der Waals surface area (Å²) in [4.78, 5) is 0. The molecule has 0 aromatic rings. The Balaban J connectivity index is 2.53. The van der Waals surface area contributed by atoms with Crippen molar-refractivity contribution in [3.63, 3.8) is 0 Å². The van der Waals surface area contributed by atoms with E-state index in [1.54, 1.807) is 0 Å². The highest BCUT2D eigenvalue weighted by Gasteiger charge is 2.32. The Labute approximate surface area is 89.1 Å². The molecule has 1 rings (SSSR count). The van der Waals surface area contributed by atoms with E-state index in [0.29, 0.717) is 5.41 Å². The Hall–Kier alpha value is -0.520. The number of hydrogen-bond donors (Lipinski definition) is 0. The van der Waals surface area contributed by atoms with Gasteiger partial charge in [0.15, 0.2) is 0 Å². The van der Waals surface area contributed by atoms with Crippen LogP contribution in [0.3, 0.4) is 0 Å². The molecule has 1 aliphatic carbocycles. The van der Waals surface area contributed by atoms with Gasteiger partial charge in [-0.1, -0.05) is 25.5 Å². The third-order valence-electron chi connectivity index (χ3n) is 3.90. The van der Waals surface area contributed by atoms with Crippen LogP contribution < -0.4 is 0 Å². The van der Waals surface area contributed by atoms with Crippen LogP contribution in [0.1, 0.15) is 51.9 Å². The molecule has 0 N–H and O–H groups in total. The lowest BCUT2D eigenvalue weighted by Gasteiger charge is -2.39. The molecule has 80 valence electrons. The minimum Gasteiger partial charge on any atom is -0.103 e. The van der Waals surface area contributed by atoms with Crippen LogP contribution in [0.25, 0.3) is 0 Å². The quantitative estimate of drug-likeness (QED) is 0.553. The largest absolute Gasteiger partial charge is 0.103 e. The molecule has 0 spiro atoms. The fraction of sp³-hybridized carbons (Fsp3) is 0.714. The van der Waals surface area contributed by atoms with Crippen LogP contribution in [0, 0.1) is 11.3 Å². The first-order valence-corrected chi connectivity index (χ1v) is 5.98. The lowest BCUT2D eigenvalue weighted by molar-refractivity contribution is 0.151. The Morgan fingerprint density at radius 3 is 2.00 bits per heavy atom. The number of allylic oxidation sites excluding steroid dienone is 2. The van der Waals surface area contributed by atoms with Gasteiger partial charge in [0.25, 0.3) is 0 Å². The molecule has 0 radical (unpaired) electrons. The summed E-state index contributed by atoms with van der Waals surface area (Å²) in [6.07, 6.45) is 13.5. The zero-order valence-corrected chi connectivity index (χ0v) is 9.60. The smallest absolute Gasteiger partial charge is 0.0228 e. The topological polar surface area (TPSA) is 0 Å². The summed E-state index contributed by atoms with van der Waals surface area (Å²) in [5.41, 5.74) is 0.523. The van der Waals surface area contributed by atoms with Crippen molar-refractivity contribution in [2.75, 3.05) is 0 Å². The molecule has 0 aromatic heterocycles. The second kappa shape index (κ2) is 5.38. The molecule has 0 bridgehead atoms. The van der Waals surface area contributed by atoms with Gasteiger partial charge in [0.2, 0.25) is 0 Å². The first-order chi connectivity index (χ1) is 6.76. The highest BCUT2D eigenvalue weighted by molar-refractivity contribution is 4.94. The van der Waals surface area contributed by atoms with E-state index in [2.05, 4.69) is 32.2 Å². The number of rotatable bonds is 5. The normalized spacial score (nSPS) is 21.8. The molecule has 1 aliphatic rings. The molecule has 0 aliphatic heterocycles. The lowest BCUT2D eigenvalue weighted by Crippen LogP contribution is -2.26. The van der Waals surface area contributed by atoms with E-state index in [4.69, 9.17) is 0 Å². The van der Waals surface area contributed by atoms with Gasteiger partial charge in [0.1, 0.15) is 0 Å². The summed E-state index contributed by atoms with van der Waals surface area (Å²) in [5, 5.41) is 0. The molecule has 0 saturated heterocycles. The molecule has 14 heavy (non-hydrogen) atoms. The van der Waals surface area contributed by atoms with Crippen LogP contribution in [-0.2, 0) is 0 Å². The predicted molar refractivity (Wildman–Crippen MR) is 64.3 cm³/mol. The van der Waals surface area contributed by atoms with Crippen molar-refractivity contribution in [3.8, 4) is 0 Å². The van der Waals surface area contributed by atoms with Crippen LogP contribution in [0.2, 0.25) is 0 Å². The summed E-state index contributed by atoms with van der Waals surface area (Å²) in [6.45, 7) is 10.1. The Morgan fingerprint density at radius 1 is 1.14 bits per heavy atom. The van der Waals surface area contributed by atoms with Crippen LogP contribution in [-0.4, -0.2) is 0 Å². The van der Waals surface area contributed by atoms with Gasteiger partial charge in [0.05, 0.1) is 0 Å². The Kier molecular flexibility index (Phi) is 4.44. The van der Waals surface area contributed by atoms with E-state index in [0.717, 1.165) is 5.92 Å². The molecule has 0 heteroatoms. The SMILES string of the molecule is C=CCC1(CC=C)CCC(CC)CC1. The molecule has 0 unspecified atom stereocenters. The van der Waals surface area contributed by atoms with Crippen LogP contribution >= 0.6 is 0 Å². The van der Waals surface area contributed by atoms with Gasteiger partial charge in [-0.25, -0.2) is 0 Å². The fourth-order valence-corrected chi connectivity index (χ4v) is 2.80. The van der Waals surface area contributed by atoms with Gasteiger partial charge in [-0.3, -0.25) is 0 Å². The van der Waals surface area contributed by atoms with Crippen molar-refractivity contribution in [1.29, 1.82) is 0 Å². The van der Waals surface area contributed by atoms with E-state index in [1.807, 2.05) is 0 Å². The molecule has 0 aromatic carbocycles. The molecular formula is C14H24. The van der Waals surface area contributed by atoms with E-state index in [1.165, 1.54) is 44.9 Å². The van der Waals surface area contributed by atoms with Crippen LogP contribution in [0.5, 0.6) is 0 Å². The highest BCUT2D eigenvalue weighted by Crippen LogP contribution is 2.45. The van der Waals surface area contributed by atoms with Crippen molar-refractivity contribution < 1.29 is 0 Å².